The third kappa shape index (κ3) is 7.23. The van der Waals surface area contributed by atoms with E-state index in [2.05, 4.69) is 20.3 Å². The number of aliphatic hydroxyl groups excluding tert-OH is 1. The molecule has 2 aromatic rings. The number of nitrogens with one attached hydrogen (secondary N) is 1. The third-order valence-electron chi connectivity index (χ3n) is 3.59. The van der Waals surface area contributed by atoms with Crippen molar-refractivity contribution < 1.29 is 24.2 Å². The van der Waals surface area contributed by atoms with Crippen molar-refractivity contribution in [3.05, 3.63) is 70.9 Å². The van der Waals surface area contributed by atoms with Gasteiger partial charge in [-0.1, -0.05) is 41.9 Å². The Morgan fingerprint density at radius 2 is 1.77 bits per heavy atom. The maximum atomic E-state index is 12.4. The topological polar surface area (TPSA) is 123 Å². The third-order valence-corrected chi connectivity index (χ3v) is 3.79. The first-order valence-electron chi connectivity index (χ1n) is 9.27. The first-order valence-corrected chi connectivity index (χ1v) is 9.65. The standard InChI is InChI=1S/C21H21ClN4O5/c1-3-30-20(28)15(19(27)14-8-6-5-7-9-14)10-23-16(21(29)31-4-2)11-25-18-13-24-17(22)12-26-18/h5-13,27H,3-4H2,1-2H3,(H,25,26)/b16-11-,19-15+,23-10+. The Labute approximate surface area is 184 Å². The lowest BCUT2D eigenvalue weighted by molar-refractivity contribution is -0.139. The van der Waals surface area contributed by atoms with E-state index in [0.29, 0.717) is 11.4 Å². The fourth-order valence-corrected chi connectivity index (χ4v) is 2.29. The molecule has 31 heavy (non-hydrogen) atoms. The number of hydrogen-bond acceptors (Lipinski definition) is 9. The Morgan fingerprint density at radius 1 is 1.10 bits per heavy atom. The van der Waals surface area contributed by atoms with Gasteiger partial charge in [0.05, 0.1) is 25.6 Å². The van der Waals surface area contributed by atoms with E-state index in [1.54, 1.807) is 44.2 Å². The van der Waals surface area contributed by atoms with Crippen LogP contribution < -0.4 is 5.32 Å². The summed E-state index contributed by atoms with van der Waals surface area (Å²) in [5.74, 6) is -1.60. The minimum atomic E-state index is -0.799. The zero-order valence-electron chi connectivity index (χ0n) is 16.9. The van der Waals surface area contributed by atoms with Crippen LogP contribution in [0.25, 0.3) is 5.76 Å². The predicted octanol–water partition coefficient (Wildman–Crippen LogP) is 3.55. The van der Waals surface area contributed by atoms with Gasteiger partial charge in [-0.25, -0.2) is 24.5 Å². The number of esters is 2. The lowest BCUT2D eigenvalue weighted by atomic mass is 10.1. The predicted molar refractivity (Wildman–Crippen MR) is 116 cm³/mol. The lowest BCUT2D eigenvalue weighted by Crippen LogP contribution is -2.13. The molecule has 0 fully saturated rings. The summed E-state index contributed by atoms with van der Waals surface area (Å²) < 4.78 is 9.98. The van der Waals surface area contributed by atoms with Crippen molar-refractivity contribution in [2.24, 2.45) is 4.99 Å². The summed E-state index contributed by atoms with van der Waals surface area (Å²) in [6, 6.07) is 8.40. The Balaban J connectivity index is 2.40. The summed E-state index contributed by atoms with van der Waals surface area (Å²) in [7, 11) is 0. The van der Waals surface area contributed by atoms with Crippen LogP contribution in [0.2, 0.25) is 5.15 Å². The highest BCUT2D eigenvalue weighted by molar-refractivity contribution is 6.29. The van der Waals surface area contributed by atoms with E-state index >= 15 is 0 Å². The average Bonchev–Trinajstić information content (AvgIpc) is 2.77. The number of hydrogen-bond donors (Lipinski definition) is 2. The van der Waals surface area contributed by atoms with Crippen molar-refractivity contribution >= 4 is 41.3 Å². The minimum Gasteiger partial charge on any atom is -0.506 e. The number of rotatable bonds is 9. The second kappa shape index (κ2) is 12.1. The van der Waals surface area contributed by atoms with E-state index in [0.717, 1.165) is 6.21 Å². The van der Waals surface area contributed by atoms with Crippen LogP contribution in [0, 0.1) is 0 Å². The summed E-state index contributed by atoms with van der Waals surface area (Å²) in [5, 5.41) is 13.5. The number of nitrogens with zero attached hydrogens (tertiary/aromatic N) is 3. The Bertz CT molecular complexity index is 989. The van der Waals surface area contributed by atoms with Crippen LogP contribution in [0.4, 0.5) is 5.82 Å². The molecule has 0 unspecified atom stereocenters. The summed E-state index contributed by atoms with van der Waals surface area (Å²) in [4.78, 5) is 36.5. The summed E-state index contributed by atoms with van der Waals surface area (Å²) in [6.45, 7) is 3.48. The molecule has 0 aliphatic carbocycles. The number of ether oxygens (including phenoxy) is 2. The van der Waals surface area contributed by atoms with Gasteiger partial charge >= 0.3 is 11.9 Å². The Morgan fingerprint density at radius 3 is 2.39 bits per heavy atom. The molecule has 9 nitrogen and oxygen atoms in total. The van der Waals surface area contributed by atoms with Crippen LogP contribution in [-0.2, 0) is 19.1 Å². The van der Waals surface area contributed by atoms with Crippen LogP contribution >= 0.6 is 11.6 Å². The average molecular weight is 445 g/mol. The zero-order chi connectivity index (χ0) is 22.6. The molecule has 0 saturated heterocycles. The Hall–Kier alpha value is -3.72. The van der Waals surface area contributed by atoms with Gasteiger partial charge in [0.1, 0.15) is 22.3 Å². The molecule has 0 spiro atoms. The smallest absolute Gasteiger partial charge is 0.358 e. The molecule has 0 atom stereocenters. The van der Waals surface area contributed by atoms with Gasteiger partial charge in [-0.15, -0.1) is 0 Å². The molecular weight excluding hydrogens is 424 g/mol. The molecule has 0 saturated carbocycles. The molecule has 162 valence electrons. The van der Waals surface area contributed by atoms with Gasteiger partial charge in [0.25, 0.3) is 0 Å². The zero-order valence-corrected chi connectivity index (χ0v) is 17.7. The molecule has 10 heteroatoms. The molecule has 1 heterocycles. The minimum absolute atomic E-state index is 0.0929. The summed E-state index contributed by atoms with van der Waals surface area (Å²) in [5.41, 5.74) is -0.0241. The van der Waals surface area contributed by atoms with Crippen LogP contribution in [0.5, 0.6) is 0 Å². The Kier molecular flexibility index (Phi) is 9.18. The van der Waals surface area contributed by atoms with Crippen molar-refractivity contribution in [2.75, 3.05) is 18.5 Å². The molecule has 2 N–H and O–H groups in total. The van der Waals surface area contributed by atoms with Gasteiger partial charge in [0.15, 0.2) is 5.70 Å². The molecule has 0 aliphatic rings. The van der Waals surface area contributed by atoms with Crippen molar-refractivity contribution in [1.82, 2.24) is 9.97 Å². The van der Waals surface area contributed by atoms with Crippen LogP contribution in [0.3, 0.4) is 0 Å². The van der Waals surface area contributed by atoms with Gasteiger partial charge in [-0.05, 0) is 13.8 Å². The molecule has 0 aliphatic heterocycles. The molecule has 1 aromatic heterocycles. The molecular formula is C21H21ClN4O5. The number of aromatic nitrogens is 2. The van der Waals surface area contributed by atoms with E-state index in [1.807, 2.05) is 0 Å². The quantitative estimate of drug-likeness (QED) is 0.260. The summed E-state index contributed by atoms with van der Waals surface area (Å²) >= 11 is 5.70. The van der Waals surface area contributed by atoms with E-state index in [1.165, 1.54) is 18.6 Å². The maximum absolute atomic E-state index is 12.4. The first kappa shape index (κ1) is 23.6. The van der Waals surface area contributed by atoms with Crippen molar-refractivity contribution in [3.63, 3.8) is 0 Å². The molecule has 2 rings (SSSR count). The highest BCUT2D eigenvalue weighted by atomic mass is 35.5. The van der Waals surface area contributed by atoms with Crippen molar-refractivity contribution in [2.45, 2.75) is 13.8 Å². The van der Waals surface area contributed by atoms with Crippen LogP contribution in [-0.4, -0.2) is 46.4 Å². The lowest BCUT2D eigenvalue weighted by Gasteiger charge is -2.08. The van der Waals surface area contributed by atoms with Gasteiger partial charge < -0.3 is 19.9 Å². The number of benzene rings is 1. The molecule has 1 aromatic carbocycles. The monoisotopic (exact) mass is 444 g/mol. The fraction of sp³-hybridized carbons (Fsp3) is 0.190. The van der Waals surface area contributed by atoms with Gasteiger partial charge in [-0.2, -0.15) is 0 Å². The molecule has 0 bridgehead atoms. The second-order valence-electron chi connectivity index (χ2n) is 5.73. The number of anilines is 1. The SMILES string of the molecule is CCOC(=O)C(=C/Nc1cnc(Cl)cn1)/N=C/C(C(=O)OCC)=C(\O)c1ccccc1. The van der Waals surface area contributed by atoms with Gasteiger partial charge in [0, 0.05) is 18.0 Å². The number of carbonyl (C=O) groups excluding carboxylic acids is 2. The van der Waals surface area contributed by atoms with Crippen LogP contribution in [0.15, 0.2) is 65.2 Å². The normalized spacial score (nSPS) is 12.3. The number of halogens is 1. The van der Waals surface area contributed by atoms with Gasteiger partial charge in [0.2, 0.25) is 0 Å². The van der Waals surface area contributed by atoms with E-state index in [4.69, 9.17) is 21.1 Å². The largest absolute Gasteiger partial charge is 0.506 e. The van der Waals surface area contributed by atoms with Crippen molar-refractivity contribution in [3.8, 4) is 0 Å². The maximum Gasteiger partial charge on any atom is 0.358 e. The number of aliphatic hydroxyl groups is 1. The fourth-order valence-electron chi connectivity index (χ4n) is 2.19. The van der Waals surface area contributed by atoms with E-state index in [9.17, 15) is 14.7 Å². The second-order valence-corrected chi connectivity index (χ2v) is 6.11. The highest BCUT2D eigenvalue weighted by Crippen LogP contribution is 2.17. The highest BCUT2D eigenvalue weighted by Gasteiger charge is 2.17. The van der Waals surface area contributed by atoms with Gasteiger partial charge in [-0.3, -0.25) is 0 Å². The van der Waals surface area contributed by atoms with E-state index < -0.39 is 11.9 Å². The number of carbonyl (C=O) groups is 2. The van der Waals surface area contributed by atoms with Crippen molar-refractivity contribution in [1.29, 1.82) is 0 Å². The first-order chi connectivity index (χ1) is 15.0. The summed E-state index contributed by atoms with van der Waals surface area (Å²) in [6.07, 6.45) is 4.95. The number of aliphatic imine (C=N–C) groups is 1. The van der Waals surface area contributed by atoms with E-state index in [-0.39, 0.29) is 35.4 Å². The molecule has 0 radical (unpaired) electrons. The molecule has 0 amide bonds. The van der Waals surface area contributed by atoms with Crippen LogP contribution in [0.1, 0.15) is 19.4 Å².